The Morgan fingerprint density at radius 2 is 2.22 bits per heavy atom. The van der Waals surface area contributed by atoms with Crippen molar-refractivity contribution in [3.8, 4) is 0 Å². The van der Waals surface area contributed by atoms with Crippen LogP contribution in [0.25, 0.3) is 0 Å². The van der Waals surface area contributed by atoms with Gasteiger partial charge in [-0.05, 0) is 12.1 Å². The number of carbonyl (C=O) groups excluding carboxylic acids is 1. The van der Waals surface area contributed by atoms with Crippen LogP contribution in [0, 0.1) is 0 Å². The highest BCUT2D eigenvalue weighted by molar-refractivity contribution is 8.00. The van der Waals surface area contributed by atoms with Crippen LogP contribution in [0.3, 0.4) is 0 Å². The third kappa shape index (κ3) is 3.69. The summed E-state index contributed by atoms with van der Waals surface area (Å²) in [7, 11) is 0. The molecule has 1 aromatic carbocycles. The molecule has 3 N–H and O–H groups in total. The number of aliphatic hydroxyl groups excluding tert-OH is 1. The average molecular weight is 336 g/mol. The van der Waals surface area contributed by atoms with Crippen LogP contribution < -0.4 is 10.6 Å². The number of benzene rings is 1. The van der Waals surface area contributed by atoms with E-state index in [0.29, 0.717) is 13.2 Å². The van der Waals surface area contributed by atoms with Gasteiger partial charge in [-0.2, -0.15) is 0 Å². The van der Waals surface area contributed by atoms with Crippen LogP contribution in [-0.4, -0.2) is 54.1 Å². The van der Waals surface area contributed by atoms with E-state index in [1.54, 1.807) is 6.08 Å². The van der Waals surface area contributed by atoms with Gasteiger partial charge in [0.1, 0.15) is 6.10 Å². The molecule has 23 heavy (non-hydrogen) atoms. The van der Waals surface area contributed by atoms with Crippen LogP contribution in [0.5, 0.6) is 0 Å². The Bertz CT molecular complexity index is 556. The van der Waals surface area contributed by atoms with E-state index in [-0.39, 0.29) is 17.4 Å². The molecule has 2 aliphatic rings. The van der Waals surface area contributed by atoms with E-state index in [0.717, 1.165) is 4.90 Å². The lowest BCUT2D eigenvalue weighted by Gasteiger charge is -2.38. The molecule has 5 atom stereocenters. The van der Waals surface area contributed by atoms with Gasteiger partial charge in [0, 0.05) is 11.4 Å². The number of carbonyl (C=O) groups is 1. The minimum atomic E-state index is -0.763. The van der Waals surface area contributed by atoms with Crippen LogP contribution in [-0.2, 0) is 9.47 Å². The Kier molecular flexibility index (Phi) is 5.22. The van der Waals surface area contributed by atoms with Crippen LogP contribution in [0.1, 0.15) is 0 Å². The Hall–Kier alpha value is -1.54. The van der Waals surface area contributed by atoms with E-state index >= 15 is 0 Å². The molecular weight excluding hydrogens is 316 g/mol. The molecule has 2 aliphatic heterocycles. The van der Waals surface area contributed by atoms with E-state index in [2.05, 4.69) is 17.2 Å². The molecule has 0 radical (unpaired) electrons. The van der Waals surface area contributed by atoms with Gasteiger partial charge < -0.3 is 25.2 Å². The summed E-state index contributed by atoms with van der Waals surface area (Å²) in [6.45, 7) is 4.27. The van der Waals surface area contributed by atoms with Crippen molar-refractivity contribution in [1.29, 1.82) is 0 Å². The molecule has 3 rings (SSSR count). The molecular formula is C16H20N2O4S. The van der Waals surface area contributed by atoms with Crippen molar-refractivity contribution >= 4 is 17.8 Å². The number of nitrogens with one attached hydrogen (secondary N) is 2. The summed E-state index contributed by atoms with van der Waals surface area (Å²) in [5.41, 5.74) is 0. The number of aliphatic hydroxyl groups is 1. The standard InChI is InChI=1S/C16H20N2O4S/c1-2-8-17-16(20)18-12-11-9-21-15(22-11)14(13(12)19)23-10-6-4-3-5-7-10/h2-7,11-15,19H,1,8-9H2,(H2,17,18,20). The summed E-state index contributed by atoms with van der Waals surface area (Å²) in [6, 6.07) is 8.89. The molecule has 0 spiro atoms. The first-order valence-electron chi connectivity index (χ1n) is 7.51. The SMILES string of the molecule is C=CCNC(=O)NC1C2COC(O2)C(Sc2ccccc2)C1O. The lowest BCUT2D eigenvalue weighted by molar-refractivity contribution is -0.121. The highest BCUT2D eigenvalue weighted by atomic mass is 32.2. The summed E-state index contributed by atoms with van der Waals surface area (Å²) in [5.74, 6) is 0. The van der Waals surface area contributed by atoms with Crippen LogP contribution in [0.4, 0.5) is 4.79 Å². The smallest absolute Gasteiger partial charge is 0.315 e. The fourth-order valence-electron chi connectivity index (χ4n) is 2.71. The van der Waals surface area contributed by atoms with Gasteiger partial charge in [-0.25, -0.2) is 4.79 Å². The Morgan fingerprint density at radius 3 is 2.96 bits per heavy atom. The van der Waals surface area contributed by atoms with Crippen molar-refractivity contribution in [2.45, 2.75) is 34.7 Å². The van der Waals surface area contributed by atoms with Gasteiger partial charge >= 0.3 is 6.03 Å². The zero-order chi connectivity index (χ0) is 16.2. The predicted molar refractivity (Wildman–Crippen MR) is 87.2 cm³/mol. The molecule has 2 heterocycles. The van der Waals surface area contributed by atoms with E-state index in [1.807, 2.05) is 30.3 Å². The molecule has 2 saturated heterocycles. The third-order valence-corrected chi connectivity index (χ3v) is 5.14. The van der Waals surface area contributed by atoms with Crippen molar-refractivity contribution in [1.82, 2.24) is 10.6 Å². The molecule has 2 bridgehead atoms. The first-order valence-corrected chi connectivity index (χ1v) is 8.39. The van der Waals surface area contributed by atoms with Gasteiger partial charge in [0.25, 0.3) is 0 Å². The molecule has 0 aliphatic carbocycles. The number of hydrogen-bond donors (Lipinski definition) is 3. The molecule has 2 amide bonds. The van der Waals surface area contributed by atoms with Crippen LogP contribution >= 0.6 is 11.8 Å². The zero-order valence-corrected chi connectivity index (χ0v) is 13.4. The van der Waals surface area contributed by atoms with Crippen molar-refractivity contribution in [3.63, 3.8) is 0 Å². The third-order valence-electron chi connectivity index (χ3n) is 3.83. The summed E-state index contributed by atoms with van der Waals surface area (Å²) >= 11 is 1.49. The molecule has 6 nitrogen and oxygen atoms in total. The fourth-order valence-corrected chi connectivity index (χ4v) is 3.90. The maximum Gasteiger partial charge on any atom is 0.315 e. The van der Waals surface area contributed by atoms with Crippen molar-refractivity contribution in [3.05, 3.63) is 43.0 Å². The van der Waals surface area contributed by atoms with E-state index in [4.69, 9.17) is 9.47 Å². The topological polar surface area (TPSA) is 79.8 Å². The summed E-state index contributed by atoms with van der Waals surface area (Å²) in [6.07, 6.45) is 0.0309. The molecule has 1 aromatic rings. The van der Waals surface area contributed by atoms with Gasteiger partial charge in [-0.1, -0.05) is 24.3 Å². The quantitative estimate of drug-likeness (QED) is 0.702. The summed E-state index contributed by atoms with van der Waals surface area (Å²) in [4.78, 5) is 12.9. The largest absolute Gasteiger partial charge is 0.389 e. The number of hydrogen-bond acceptors (Lipinski definition) is 5. The number of fused-ring (bicyclic) bond motifs is 2. The maximum absolute atomic E-state index is 11.9. The normalized spacial score (nSPS) is 32.3. The van der Waals surface area contributed by atoms with E-state index in [9.17, 15) is 9.90 Å². The van der Waals surface area contributed by atoms with Gasteiger partial charge in [0.15, 0.2) is 6.29 Å². The Balaban J connectivity index is 1.69. The minimum absolute atomic E-state index is 0.305. The van der Waals surface area contributed by atoms with Crippen LogP contribution in [0.15, 0.2) is 47.9 Å². The summed E-state index contributed by atoms with van der Waals surface area (Å²) < 4.78 is 11.4. The van der Waals surface area contributed by atoms with Crippen molar-refractivity contribution in [2.75, 3.05) is 13.2 Å². The lowest BCUT2D eigenvalue weighted by atomic mass is 10.0. The number of urea groups is 1. The van der Waals surface area contributed by atoms with Crippen LogP contribution in [0.2, 0.25) is 0 Å². The predicted octanol–water partition coefficient (Wildman–Crippen LogP) is 1.12. The first kappa shape index (κ1) is 16.3. The monoisotopic (exact) mass is 336 g/mol. The first-order chi connectivity index (χ1) is 11.2. The Labute approximate surface area is 139 Å². The second-order valence-electron chi connectivity index (χ2n) is 5.43. The number of amides is 2. The second kappa shape index (κ2) is 7.35. The van der Waals surface area contributed by atoms with Gasteiger partial charge in [0.05, 0.1) is 24.0 Å². The molecule has 124 valence electrons. The number of ether oxygens (including phenoxy) is 2. The lowest BCUT2D eigenvalue weighted by Crippen LogP contribution is -2.61. The maximum atomic E-state index is 11.9. The van der Waals surface area contributed by atoms with Gasteiger partial charge in [-0.3, -0.25) is 0 Å². The highest BCUT2D eigenvalue weighted by Crippen LogP contribution is 2.38. The number of thioether (sulfide) groups is 1. The molecule has 7 heteroatoms. The molecule has 2 fully saturated rings. The zero-order valence-electron chi connectivity index (χ0n) is 12.6. The minimum Gasteiger partial charge on any atom is -0.389 e. The molecule has 5 unspecified atom stereocenters. The number of rotatable bonds is 5. The highest BCUT2D eigenvalue weighted by Gasteiger charge is 2.51. The summed E-state index contributed by atoms with van der Waals surface area (Å²) in [5, 5.41) is 15.8. The fraction of sp³-hybridized carbons (Fsp3) is 0.438. The van der Waals surface area contributed by atoms with Crippen molar-refractivity contribution in [2.24, 2.45) is 0 Å². The van der Waals surface area contributed by atoms with Gasteiger partial charge in [0.2, 0.25) is 0 Å². The molecule has 0 saturated carbocycles. The van der Waals surface area contributed by atoms with Gasteiger partial charge in [-0.15, -0.1) is 18.3 Å². The van der Waals surface area contributed by atoms with Crippen molar-refractivity contribution < 1.29 is 19.4 Å². The second-order valence-corrected chi connectivity index (χ2v) is 6.68. The Morgan fingerprint density at radius 1 is 1.43 bits per heavy atom. The van der Waals surface area contributed by atoms with E-state index < -0.39 is 18.4 Å². The molecule has 0 aromatic heterocycles. The van der Waals surface area contributed by atoms with E-state index in [1.165, 1.54) is 11.8 Å². The average Bonchev–Trinajstić information content (AvgIpc) is 3.01.